The van der Waals surface area contributed by atoms with Crippen molar-refractivity contribution in [1.29, 1.82) is 0 Å². The van der Waals surface area contributed by atoms with Crippen LogP contribution in [0.2, 0.25) is 5.02 Å². The first-order valence-electron chi connectivity index (χ1n) is 6.33. The van der Waals surface area contributed by atoms with Gasteiger partial charge in [0.05, 0.1) is 10.6 Å². The Bertz CT molecular complexity index is 510. The van der Waals surface area contributed by atoms with Crippen LogP contribution in [0.3, 0.4) is 0 Å². The third-order valence-electron chi connectivity index (χ3n) is 2.52. The number of nitrogens with one attached hydrogen (secondary N) is 2. The van der Waals surface area contributed by atoms with Gasteiger partial charge in [0.25, 0.3) is 0 Å². The van der Waals surface area contributed by atoms with Crippen molar-refractivity contribution >= 4 is 29.1 Å². The Labute approximate surface area is 123 Å². The van der Waals surface area contributed by atoms with Gasteiger partial charge in [-0.2, -0.15) is 0 Å². The van der Waals surface area contributed by atoms with E-state index in [0.29, 0.717) is 18.7 Å². The quantitative estimate of drug-likeness (QED) is 0.778. The summed E-state index contributed by atoms with van der Waals surface area (Å²) >= 11 is 5.84. The van der Waals surface area contributed by atoms with Crippen molar-refractivity contribution in [2.24, 2.45) is 5.73 Å². The van der Waals surface area contributed by atoms with Gasteiger partial charge in [0.2, 0.25) is 11.8 Å². The molecule has 0 aliphatic carbocycles. The second kappa shape index (κ2) is 6.72. The van der Waals surface area contributed by atoms with Gasteiger partial charge < -0.3 is 16.4 Å². The lowest BCUT2D eigenvalue weighted by Gasteiger charge is -2.20. The molecule has 0 unspecified atom stereocenters. The number of hydrogen-bond donors (Lipinski definition) is 3. The first kappa shape index (κ1) is 16.5. The van der Waals surface area contributed by atoms with E-state index in [1.165, 1.54) is 12.1 Å². The molecule has 0 aliphatic heterocycles. The maximum atomic E-state index is 11.8. The van der Waals surface area contributed by atoms with Gasteiger partial charge in [0.15, 0.2) is 0 Å². The molecule has 1 aromatic carbocycles. The van der Waals surface area contributed by atoms with Gasteiger partial charge in [-0.3, -0.25) is 9.59 Å². The predicted molar refractivity (Wildman–Crippen MR) is 81.0 cm³/mol. The summed E-state index contributed by atoms with van der Waals surface area (Å²) in [7, 11) is 0. The van der Waals surface area contributed by atoms with E-state index in [2.05, 4.69) is 10.6 Å². The third-order valence-corrected chi connectivity index (χ3v) is 2.85. The number of nitrogens with two attached hydrogens (primary N) is 1. The van der Waals surface area contributed by atoms with E-state index in [1.807, 2.05) is 20.8 Å². The molecule has 0 radical (unpaired) electrons. The molecule has 0 saturated carbocycles. The van der Waals surface area contributed by atoms with Crippen LogP contribution < -0.4 is 16.4 Å². The molecule has 0 aliphatic rings. The molecular formula is C14H20ClN3O2. The number of halogens is 1. The van der Waals surface area contributed by atoms with Crippen LogP contribution in [-0.2, 0) is 4.79 Å². The molecule has 1 rings (SSSR count). The molecule has 0 aromatic heterocycles. The zero-order valence-corrected chi connectivity index (χ0v) is 12.7. The number of rotatable bonds is 5. The summed E-state index contributed by atoms with van der Waals surface area (Å²) in [6.45, 7) is 6.67. The second-order valence-corrected chi connectivity index (χ2v) is 5.94. The Morgan fingerprint density at radius 1 is 1.30 bits per heavy atom. The fourth-order valence-electron chi connectivity index (χ4n) is 1.57. The number of anilines is 1. The van der Waals surface area contributed by atoms with Crippen LogP contribution >= 0.6 is 11.6 Å². The lowest BCUT2D eigenvalue weighted by molar-refractivity contribution is -0.116. The van der Waals surface area contributed by atoms with Crippen molar-refractivity contribution in [2.75, 3.05) is 11.9 Å². The molecule has 0 fully saturated rings. The Balaban J connectivity index is 2.58. The summed E-state index contributed by atoms with van der Waals surface area (Å²) in [6, 6.07) is 4.63. The van der Waals surface area contributed by atoms with Crippen molar-refractivity contribution < 1.29 is 9.59 Å². The molecule has 20 heavy (non-hydrogen) atoms. The zero-order valence-electron chi connectivity index (χ0n) is 11.9. The molecule has 6 heteroatoms. The van der Waals surface area contributed by atoms with E-state index in [9.17, 15) is 9.59 Å². The SMILES string of the molecule is CC(C)(C)NCCC(=O)Nc1ccc(Cl)c(C(N)=O)c1. The highest BCUT2D eigenvalue weighted by Crippen LogP contribution is 2.20. The minimum atomic E-state index is -0.625. The van der Waals surface area contributed by atoms with Gasteiger partial charge in [-0.05, 0) is 39.0 Å². The number of carbonyl (C=O) groups excluding carboxylic acids is 2. The molecule has 5 nitrogen and oxygen atoms in total. The standard InChI is InChI=1S/C14H20ClN3O2/c1-14(2,3)17-7-6-12(19)18-9-4-5-11(15)10(8-9)13(16)20/h4-5,8,17H,6-7H2,1-3H3,(H2,16,20)(H,18,19). The van der Waals surface area contributed by atoms with Crippen molar-refractivity contribution in [1.82, 2.24) is 5.32 Å². The van der Waals surface area contributed by atoms with Gasteiger partial charge >= 0.3 is 0 Å². The average molecular weight is 298 g/mol. The van der Waals surface area contributed by atoms with Crippen molar-refractivity contribution in [3.63, 3.8) is 0 Å². The van der Waals surface area contributed by atoms with E-state index in [0.717, 1.165) is 0 Å². The Morgan fingerprint density at radius 2 is 1.95 bits per heavy atom. The first-order chi connectivity index (χ1) is 9.19. The van der Waals surface area contributed by atoms with Crippen LogP contribution in [0.1, 0.15) is 37.6 Å². The Hall–Kier alpha value is -1.59. The summed E-state index contributed by atoms with van der Waals surface area (Å²) in [5.41, 5.74) is 5.86. The van der Waals surface area contributed by atoms with Gasteiger partial charge in [-0.25, -0.2) is 0 Å². The summed E-state index contributed by atoms with van der Waals surface area (Å²) < 4.78 is 0. The molecule has 0 heterocycles. The van der Waals surface area contributed by atoms with Crippen molar-refractivity contribution in [2.45, 2.75) is 32.7 Å². The second-order valence-electron chi connectivity index (χ2n) is 5.53. The van der Waals surface area contributed by atoms with Crippen LogP contribution in [-0.4, -0.2) is 23.9 Å². The number of primary amides is 1. The summed E-state index contributed by atoms with van der Waals surface area (Å²) in [6.07, 6.45) is 0.339. The van der Waals surface area contributed by atoms with Crippen LogP contribution in [0.25, 0.3) is 0 Å². The molecular weight excluding hydrogens is 278 g/mol. The third kappa shape index (κ3) is 5.59. The molecule has 0 bridgehead atoms. The Kier molecular flexibility index (Phi) is 5.53. The van der Waals surface area contributed by atoms with Crippen LogP contribution in [0.15, 0.2) is 18.2 Å². The molecule has 2 amide bonds. The number of hydrogen-bond acceptors (Lipinski definition) is 3. The lowest BCUT2D eigenvalue weighted by Crippen LogP contribution is -2.37. The average Bonchev–Trinajstić information content (AvgIpc) is 2.29. The van der Waals surface area contributed by atoms with Gasteiger partial charge in [-0.1, -0.05) is 11.6 Å². The van der Waals surface area contributed by atoms with E-state index < -0.39 is 5.91 Å². The Morgan fingerprint density at radius 3 is 2.50 bits per heavy atom. The number of carbonyl (C=O) groups is 2. The number of benzene rings is 1. The molecule has 0 saturated heterocycles. The maximum absolute atomic E-state index is 11.8. The fourth-order valence-corrected chi connectivity index (χ4v) is 1.78. The van der Waals surface area contributed by atoms with Crippen LogP contribution in [0.5, 0.6) is 0 Å². The summed E-state index contributed by atoms with van der Waals surface area (Å²) in [4.78, 5) is 22.9. The summed E-state index contributed by atoms with van der Waals surface area (Å²) in [5.74, 6) is -0.764. The smallest absolute Gasteiger partial charge is 0.250 e. The normalized spacial score (nSPS) is 11.2. The van der Waals surface area contributed by atoms with E-state index in [4.69, 9.17) is 17.3 Å². The van der Waals surface area contributed by atoms with Gasteiger partial charge in [-0.15, -0.1) is 0 Å². The molecule has 0 atom stereocenters. The van der Waals surface area contributed by atoms with Gasteiger partial charge in [0.1, 0.15) is 0 Å². The highest BCUT2D eigenvalue weighted by Gasteiger charge is 2.11. The van der Waals surface area contributed by atoms with Gasteiger partial charge in [0, 0.05) is 24.2 Å². The molecule has 0 spiro atoms. The first-order valence-corrected chi connectivity index (χ1v) is 6.71. The maximum Gasteiger partial charge on any atom is 0.250 e. The molecule has 110 valence electrons. The van der Waals surface area contributed by atoms with Crippen molar-refractivity contribution in [3.8, 4) is 0 Å². The minimum absolute atomic E-state index is 0.0281. The number of amides is 2. The van der Waals surface area contributed by atoms with E-state index in [-0.39, 0.29) is 22.0 Å². The monoisotopic (exact) mass is 297 g/mol. The molecule has 1 aromatic rings. The summed E-state index contributed by atoms with van der Waals surface area (Å²) in [5, 5.41) is 6.19. The minimum Gasteiger partial charge on any atom is -0.366 e. The lowest BCUT2D eigenvalue weighted by atomic mass is 10.1. The van der Waals surface area contributed by atoms with Crippen LogP contribution in [0, 0.1) is 0 Å². The fraction of sp³-hybridized carbons (Fsp3) is 0.429. The van der Waals surface area contributed by atoms with E-state index in [1.54, 1.807) is 6.07 Å². The molecule has 4 N–H and O–H groups in total. The van der Waals surface area contributed by atoms with E-state index >= 15 is 0 Å². The van der Waals surface area contributed by atoms with Crippen molar-refractivity contribution in [3.05, 3.63) is 28.8 Å². The highest BCUT2D eigenvalue weighted by molar-refractivity contribution is 6.33. The largest absolute Gasteiger partial charge is 0.366 e. The zero-order chi connectivity index (χ0) is 15.3. The topological polar surface area (TPSA) is 84.2 Å². The highest BCUT2D eigenvalue weighted by atomic mass is 35.5. The predicted octanol–water partition coefficient (Wildman–Crippen LogP) is 2.16. The van der Waals surface area contributed by atoms with Crippen LogP contribution in [0.4, 0.5) is 5.69 Å².